The SMILES string of the molecule is CCOc1cccc(NCCOc2ccccc2C(C)C)c1. The van der Waals surface area contributed by atoms with E-state index in [-0.39, 0.29) is 0 Å². The van der Waals surface area contributed by atoms with Gasteiger partial charge in [-0.25, -0.2) is 0 Å². The van der Waals surface area contributed by atoms with E-state index in [4.69, 9.17) is 9.47 Å². The van der Waals surface area contributed by atoms with E-state index in [1.807, 2.05) is 43.3 Å². The Balaban J connectivity index is 1.83. The summed E-state index contributed by atoms with van der Waals surface area (Å²) >= 11 is 0. The molecule has 0 aliphatic heterocycles. The van der Waals surface area contributed by atoms with Gasteiger partial charge in [0.1, 0.15) is 18.1 Å². The van der Waals surface area contributed by atoms with E-state index < -0.39 is 0 Å². The van der Waals surface area contributed by atoms with Crippen LogP contribution in [0.2, 0.25) is 0 Å². The second kappa shape index (κ2) is 8.32. The Kier molecular flexibility index (Phi) is 6.13. The van der Waals surface area contributed by atoms with Crippen molar-refractivity contribution in [2.24, 2.45) is 0 Å². The minimum Gasteiger partial charge on any atom is -0.494 e. The number of benzene rings is 2. The lowest BCUT2D eigenvalue weighted by molar-refractivity contribution is 0.328. The molecule has 1 N–H and O–H groups in total. The zero-order chi connectivity index (χ0) is 15.8. The third kappa shape index (κ3) is 4.69. The molecule has 2 aromatic rings. The van der Waals surface area contributed by atoms with Crippen LogP contribution >= 0.6 is 0 Å². The maximum absolute atomic E-state index is 5.90. The number of ether oxygens (including phenoxy) is 2. The molecule has 0 aliphatic rings. The highest BCUT2D eigenvalue weighted by Gasteiger charge is 2.06. The number of hydrogen-bond acceptors (Lipinski definition) is 3. The summed E-state index contributed by atoms with van der Waals surface area (Å²) < 4.78 is 11.4. The molecule has 0 unspecified atom stereocenters. The molecule has 0 atom stereocenters. The predicted octanol–water partition coefficient (Wildman–Crippen LogP) is 4.70. The van der Waals surface area contributed by atoms with E-state index in [1.165, 1.54) is 5.56 Å². The largest absolute Gasteiger partial charge is 0.494 e. The summed E-state index contributed by atoms with van der Waals surface area (Å²) in [4.78, 5) is 0. The maximum atomic E-state index is 5.90. The summed E-state index contributed by atoms with van der Waals surface area (Å²) in [6.07, 6.45) is 0. The van der Waals surface area contributed by atoms with Crippen LogP contribution in [0, 0.1) is 0 Å². The quantitative estimate of drug-likeness (QED) is 0.717. The molecule has 0 saturated carbocycles. The summed E-state index contributed by atoms with van der Waals surface area (Å²) in [6, 6.07) is 16.2. The standard InChI is InChI=1S/C19H25NO2/c1-4-21-17-9-7-8-16(14-17)20-12-13-22-19-11-6-5-10-18(19)15(2)3/h5-11,14-15,20H,4,12-13H2,1-3H3. The van der Waals surface area contributed by atoms with Gasteiger partial charge in [0.25, 0.3) is 0 Å². The van der Waals surface area contributed by atoms with E-state index in [0.29, 0.717) is 19.1 Å². The van der Waals surface area contributed by atoms with Gasteiger partial charge in [-0.1, -0.05) is 38.1 Å². The molecule has 118 valence electrons. The lowest BCUT2D eigenvalue weighted by Gasteiger charge is -2.14. The fraction of sp³-hybridized carbons (Fsp3) is 0.368. The van der Waals surface area contributed by atoms with Gasteiger partial charge in [0, 0.05) is 18.3 Å². The van der Waals surface area contributed by atoms with Crippen molar-refractivity contribution in [3.8, 4) is 11.5 Å². The van der Waals surface area contributed by atoms with Gasteiger partial charge < -0.3 is 14.8 Å². The summed E-state index contributed by atoms with van der Waals surface area (Å²) in [7, 11) is 0. The van der Waals surface area contributed by atoms with E-state index in [0.717, 1.165) is 23.7 Å². The van der Waals surface area contributed by atoms with Crippen molar-refractivity contribution in [3.05, 3.63) is 54.1 Å². The van der Waals surface area contributed by atoms with Crippen molar-refractivity contribution in [3.63, 3.8) is 0 Å². The molecule has 0 fully saturated rings. The first kappa shape index (κ1) is 16.2. The van der Waals surface area contributed by atoms with Gasteiger partial charge >= 0.3 is 0 Å². The molecule has 0 heterocycles. The van der Waals surface area contributed by atoms with Crippen molar-refractivity contribution in [1.29, 1.82) is 0 Å². The van der Waals surface area contributed by atoms with Gasteiger partial charge in [-0.3, -0.25) is 0 Å². The van der Waals surface area contributed by atoms with Crippen LogP contribution in [0.25, 0.3) is 0 Å². The molecule has 0 spiro atoms. The molecular weight excluding hydrogens is 274 g/mol. The smallest absolute Gasteiger partial charge is 0.122 e. The lowest BCUT2D eigenvalue weighted by Crippen LogP contribution is -2.12. The Morgan fingerprint density at radius 2 is 1.82 bits per heavy atom. The van der Waals surface area contributed by atoms with Crippen LogP contribution in [0.1, 0.15) is 32.3 Å². The van der Waals surface area contributed by atoms with Crippen LogP contribution in [0.15, 0.2) is 48.5 Å². The zero-order valence-electron chi connectivity index (χ0n) is 13.6. The zero-order valence-corrected chi connectivity index (χ0v) is 13.6. The number of rotatable bonds is 8. The number of anilines is 1. The van der Waals surface area contributed by atoms with E-state index >= 15 is 0 Å². The minimum atomic E-state index is 0.465. The van der Waals surface area contributed by atoms with Gasteiger partial charge in [-0.15, -0.1) is 0 Å². The van der Waals surface area contributed by atoms with Crippen molar-refractivity contribution in [1.82, 2.24) is 0 Å². The monoisotopic (exact) mass is 299 g/mol. The molecular formula is C19H25NO2. The van der Waals surface area contributed by atoms with Crippen LogP contribution in [0.3, 0.4) is 0 Å². The Labute approximate surface area is 133 Å². The number of hydrogen-bond donors (Lipinski definition) is 1. The van der Waals surface area contributed by atoms with Crippen molar-refractivity contribution >= 4 is 5.69 Å². The second-order valence-electron chi connectivity index (χ2n) is 5.43. The summed E-state index contributed by atoms with van der Waals surface area (Å²) in [5.41, 5.74) is 2.30. The predicted molar refractivity (Wildman–Crippen MR) is 92.1 cm³/mol. The number of nitrogens with one attached hydrogen (secondary N) is 1. The van der Waals surface area contributed by atoms with Crippen molar-refractivity contribution < 1.29 is 9.47 Å². The Hall–Kier alpha value is -2.16. The first-order valence-corrected chi connectivity index (χ1v) is 7.89. The Morgan fingerprint density at radius 1 is 1.00 bits per heavy atom. The van der Waals surface area contributed by atoms with Gasteiger partial charge in [-0.05, 0) is 36.6 Å². The Bertz CT molecular complexity index is 581. The van der Waals surface area contributed by atoms with Crippen LogP contribution in [0.4, 0.5) is 5.69 Å². The fourth-order valence-electron chi connectivity index (χ4n) is 2.31. The first-order valence-electron chi connectivity index (χ1n) is 7.89. The van der Waals surface area contributed by atoms with Gasteiger partial charge in [0.2, 0.25) is 0 Å². The average Bonchev–Trinajstić information content (AvgIpc) is 2.52. The molecule has 0 aliphatic carbocycles. The summed E-state index contributed by atoms with van der Waals surface area (Å²) in [6.45, 7) is 8.41. The Morgan fingerprint density at radius 3 is 2.59 bits per heavy atom. The fourth-order valence-corrected chi connectivity index (χ4v) is 2.31. The molecule has 0 aromatic heterocycles. The highest BCUT2D eigenvalue weighted by molar-refractivity contribution is 5.48. The normalized spacial score (nSPS) is 10.5. The molecule has 0 radical (unpaired) electrons. The van der Waals surface area contributed by atoms with Crippen LogP contribution in [-0.2, 0) is 0 Å². The third-order valence-electron chi connectivity index (χ3n) is 3.37. The van der Waals surface area contributed by atoms with E-state index in [2.05, 4.69) is 31.3 Å². The molecule has 2 aromatic carbocycles. The number of para-hydroxylation sites is 1. The van der Waals surface area contributed by atoms with Crippen LogP contribution in [0.5, 0.6) is 11.5 Å². The molecule has 22 heavy (non-hydrogen) atoms. The van der Waals surface area contributed by atoms with Crippen LogP contribution in [-0.4, -0.2) is 19.8 Å². The lowest BCUT2D eigenvalue weighted by atomic mass is 10.0. The van der Waals surface area contributed by atoms with Gasteiger partial charge in [0.15, 0.2) is 0 Å². The molecule has 2 rings (SSSR count). The molecule has 0 amide bonds. The highest BCUT2D eigenvalue weighted by Crippen LogP contribution is 2.25. The molecule has 0 saturated heterocycles. The topological polar surface area (TPSA) is 30.5 Å². The molecule has 0 bridgehead atoms. The van der Waals surface area contributed by atoms with Gasteiger partial charge in [-0.2, -0.15) is 0 Å². The minimum absolute atomic E-state index is 0.465. The highest BCUT2D eigenvalue weighted by atomic mass is 16.5. The second-order valence-corrected chi connectivity index (χ2v) is 5.43. The molecule has 3 nitrogen and oxygen atoms in total. The van der Waals surface area contributed by atoms with E-state index in [1.54, 1.807) is 0 Å². The van der Waals surface area contributed by atoms with Crippen molar-refractivity contribution in [2.45, 2.75) is 26.7 Å². The molecule has 3 heteroatoms. The third-order valence-corrected chi connectivity index (χ3v) is 3.37. The van der Waals surface area contributed by atoms with Crippen LogP contribution < -0.4 is 14.8 Å². The first-order chi connectivity index (χ1) is 10.7. The van der Waals surface area contributed by atoms with E-state index in [9.17, 15) is 0 Å². The maximum Gasteiger partial charge on any atom is 0.122 e. The van der Waals surface area contributed by atoms with Gasteiger partial charge in [0.05, 0.1) is 6.61 Å². The summed E-state index contributed by atoms with van der Waals surface area (Å²) in [5.74, 6) is 2.33. The average molecular weight is 299 g/mol. The summed E-state index contributed by atoms with van der Waals surface area (Å²) in [5, 5.41) is 3.36. The van der Waals surface area contributed by atoms with Crippen molar-refractivity contribution in [2.75, 3.05) is 25.1 Å².